The molecule has 1 fully saturated rings. The molecule has 0 radical (unpaired) electrons. The molecule has 0 saturated carbocycles. The van der Waals surface area contributed by atoms with E-state index in [2.05, 4.69) is 15.2 Å². The monoisotopic (exact) mass is 419 g/mol. The number of aromatic nitrogens is 2. The molecule has 1 unspecified atom stereocenters. The van der Waals surface area contributed by atoms with Crippen LogP contribution in [0.4, 0.5) is 5.69 Å². The van der Waals surface area contributed by atoms with Crippen LogP contribution in [0.1, 0.15) is 34.5 Å². The Balaban J connectivity index is 1.50. The summed E-state index contributed by atoms with van der Waals surface area (Å²) in [6, 6.07) is 14.2. The molecular formula is C23H25N5O3. The van der Waals surface area contributed by atoms with E-state index in [4.69, 9.17) is 5.73 Å². The number of aromatic amines is 1. The number of nitrogens with two attached hydrogens (primary N) is 1. The standard InChI is InChI=1S/C23H25N5O3/c1-15-13-25-23(31)28(15)18-10-8-16(9-11-18)22(30)26-19-6-3-2-5-17(19)14-27-12-4-7-20(27)21(24)29/h2-3,5-6,8-11,13,20H,4,7,12,14H2,1H3,(H2,24,29)(H,25,31)(H,26,30). The summed E-state index contributed by atoms with van der Waals surface area (Å²) in [4.78, 5) is 41.2. The highest BCUT2D eigenvalue weighted by Crippen LogP contribution is 2.24. The van der Waals surface area contributed by atoms with Crippen molar-refractivity contribution in [3.8, 4) is 5.69 Å². The number of aryl methyl sites for hydroxylation is 1. The molecule has 1 aliphatic heterocycles. The number of hydrogen-bond donors (Lipinski definition) is 3. The second-order valence-electron chi connectivity index (χ2n) is 7.76. The Morgan fingerprint density at radius 2 is 1.90 bits per heavy atom. The van der Waals surface area contributed by atoms with Crippen LogP contribution in [0.15, 0.2) is 59.5 Å². The van der Waals surface area contributed by atoms with Crippen LogP contribution in [-0.4, -0.2) is 38.9 Å². The van der Waals surface area contributed by atoms with E-state index in [0.717, 1.165) is 30.6 Å². The number of amides is 2. The number of anilines is 1. The number of H-pyrrole nitrogens is 1. The quantitative estimate of drug-likeness (QED) is 0.568. The van der Waals surface area contributed by atoms with Crippen LogP contribution in [0.25, 0.3) is 5.69 Å². The Morgan fingerprint density at radius 1 is 1.16 bits per heavy atom. The molecule has 1 atom stereocenters. The topological polar surface area (TPSA) is 113 Å². The Hall–Kier alpha value is -3.65. The number of benzene rings is 2. The zero-order valence-electron chi connectivity index (χ0n) is 17.3. The first-order valence-electron chi connectivity index (χ1n) is 10.2. The van der Waals surface area contributed by atoms with Crippen LogP contribution in [0.5, 0.6) is 0 Å². The third-order valence-electron chi connectivity index (χ3n) is 5.68. The first-order chi connectivity index (χ1) is 14.9. The lowest BCUT2D eigenvalue weighted by Gasteiger charge is -2.23. The molecule has 4 N–H and O–H groups in total. The summed E-state index contributed by atoms with van der Waals surface area (Å²) in [7, 11) is 0. The van der Waals surface area contributed by atoms with E-state index < -0.39 is 0 Å². The highest BCUT2D eigenvalue weighted by molar-refractivity contribution is 6.04. The molecule has 1 saturated heterocycles. The highest BCUT2D eigenvalue weighted by atomic mass is 16.2. The van der Waals surface area contributed by atoms with Crippen molar-refractivity contribution in [1.82, 2.24) is 14.5 Å². The molecule has 31 heavy (non-hydrogen) atoms. The minimum atomic E-state index is -0.309. The van der Waals surface area contributed by atoms with Crippen LogP contribution in [0.3, 0.4) is 0 Å². The molecule has 160 valence electrons. The van der Waals surface area contributed by atoms with E-state index in [0.29, 0.717) is 23.5 Å². The predicted molar refractivity (Wildman–Crippen MR) is 118 cm³/mol. The van der Waals surface area contributed by atoms with Crippen molar-refractivity contribution in [3.05, 3.63) is 82.0 Å². The maximum Gasteiger partial charge on any atom is 0.330 e. The second-order valence-corrected chi connectivity index (χ2v) is 7.76. The summed E-state index contributed by atoms with van der Waals surface area (Å²) < 4.78 is 1.54. The number of carbonyl (C=O) groups excluding carboxylic acids is 2. The van der Waals surface area contributed by atoms with E-state index in [9.17, 15) is 14.4 Å². The summed E-state index contributed by atoms with van der Waals surface area (Å²) in [6.45, 7) is 3.17. The zero-order chi connectivity index (χ0) is 22.0. The number of nitrogens with one attached hydrogen (secondary N) is 2. The van der Waals surface area contributed by atoms with Gasteiger partial charge in [0.15, 0.2) is 0 Å². The number of imidazole rings is 1. The fourth-order valence-corrected chi connectivity index (χ4v) is 4.07. The molecular weight excluding hydrogens is 394 g/mol. The van der Waals surface area contributed by atoms with Gasteiger partial charge in [-0.2, -0.15) is 0 Å². The lowest BCUT2D eigenvalue weighted by Crippen LogP contribution is -2.39. The van der Waals surface area contributed by atoms with Gasteiger partial charge in [-0.1, -0.05) is 18.2 Å². The molecule has 8 nitrogen and oxygen atoms in total. The molecule has 0 bridgehead atoms. The number of nitrogens with zero attached hydrogens (tertiary/aromatic N) is 2. The fourth-order valence-electron chi connectivity index (χ4n) is 4.07. The van der Waals surface area contributed by atoms with E-state index in [1.807, 2.05) is 31.2 Å². The SMILES string of the molecule is Cc1c[nH]c(=O)n1-c1ccc(C(=O)Nc2ccccc2CN2CCCC2C(N)=O)cc1. The average Bonchev–Trinajstić information content (AvgIpc) is 3.36. The molecule has 2 aromatic carbocycles. The molecule has 4 rings (SSSR count). The second kappa shape index (κ2) is 8.61. The van der Waals surface area contributed by atoms with Crippen molar-refractivity contribution in [2.75, 3.05) is 11.9 Å². The smallest absolute Gasteiger partial charge is 0.330 e. The van der Waals surface area contributed by atoms with Gasteiger partial charge in [0.25, 0.3) is 5.91 Å². The van der Waals surface area contributed by atoms with Crippen LogP contribution in [-0.2, 0) is 11.3 Å². The molecule has 2 amide bonds. The molecule has 8 heteroatoms. The Bertz CT molecular complexity index is 1160. The summed E-state index contributed by atoms with van der Waals surface area (Å²) in [6.07, 6.45) is 3.33. The van der Waals surface area contributed by atoms with Crippen molar-refractivity contribution in [1.29, 1.82) is 0 Å². The first kappa shape index (κ1) is 20.6. The van der Waals surface area contributed by atoms with E-state index >= 15 is 0 Å². The summed E-state index contributed by atoms with van der Waals surface area (Å²) in [5.41, 5.74) is 8.89. The molecule has 1 aliphatic rings. The van der Waals surface area contributed by atoms with Crippen molar-refractivity contribution in [2.45, 2.75) is 32.4 Å². The molecule has 3 aromatic rings. The van der Waals surface area contributed by atoms with Crippen molar-refractivity contribution in [3.63, 3.8) is 0 Å². The van der Waals surface area contributed by atoms with Gasteiger partial charge in [-0.15, -0.1) is 0 Å². The van der Waals surface area contributed by atoms with E-state index in [1.165, 1.54) is 0 Å². The number of likely N-dealkylation sites (tertiary alicyclic amines) is 1. The lowest BCUT2D eigenvalue weighted by atomic mass is 10.1. The largest absolute Gasteiger partial charge is 0.368 e. The summed E-state index contributed by atoms with van der Waals surface area (Å²) >= 11 is 0. The van der Waals surface area contributed by atoms with Crippen molar-refractivity contribution in [2.24, 2.45) is 5.73 Å². The minimum Gasteiger partial charge on any atom is -0.368 e. The molecule has 0 aliphatic carbocycles. The van der Waals surface area contributed by atoms with Gasteiger partial charge in [0.1, 0.15) is 0 Å². The molecule has 2 heterocycles. The normalized spacial score (nSPS) is 16.4. The van der Waals surface area contributed by atoms with Gasteiger partial charge in [-0.05, 0) is 62.2 Å². The van der Waals surface area contributed by atoms with Gasteiger partial charge < -0.3 is 16.0 Å². The molecule has 0 spiro atoms. The Labute approximate surface area is 179 Å². The predicted octanol–water partition coefficient (Wildman–Crippen LogP) is 2.18. The van der Waals surface area contributed by atoms with Gasteiger partial charge in [0, 0.05) is 29.7 Å². The van der Waals surface area contributed by atoms with Gasteiger partial charge in [-0.3, -0.25) is 19.1 Å². The highest BCUT2D eigenvalue weighted by Gasteiger charge is 2.29. The number of carbonyl (C=O) groups is 2. The van der Waals surface area contributed by atoms with Gasteiger partial charge in [-0.25, -0.2) is 4.79 Å². The molecule has 1 aromatic heterocycles. The average molecular weight is 419 g/mol. The summed E-state index contributed by atoms with van der Waals surface area (Å²) in [5.74, 6) is -0.555. The third kappa shape index (κ3) is 4.29. The van der Waals surface area contributed by atoms with Crippen molar-refractivity contribution >= 4 is 17.5 Å². The van der Waals surface area contributed by atoms with Crippen LogP contribution in [0, 0.1) is 6.92 Å². The fraction of sp³-hybridized carbons (Fsp3) is 0.261. The van der Waals surface area contributed by atoms with E-state index in [-0.39, 0.29) is 23.5 Å². The number of rotatable bonds is 6. The zero-order valence-corrected chi connectivity index (χ0v) is 17.3. The maximum absolute atomic E-state index is 12.8. The minimum absolute atomic E-state index is 0.222. The maximum atomic E-state index is 12.8. The van der Waals surface area contributed by atoms with Gasteiger partial charge in [0.05, 0.1) is 11.7 Å². The Morgan fingerprint density at radius 3 is 2.58 bits per heavy atom. The third-order valence-corrected chi connectivity index (χ3v) is 5.68. The van der Waals surface area contributed by atoms with Gasteiger partial charge >= 0.3 is 5.69 Å². The number of para-hydroxylation sites is 1. The summed E-state index contributed by atoms with van der Waals surface area (Å²) in [5, 5.41) is 2.97. The lowest BCUT2D eigenvalue weighted by molar-refractivity contribution is -0.122. The number of hydrogen-bond acceptors (Lipinski definition) is 4. The van der Waals surface area contributed by atoms with Crippen LogP contribution < -0.4 is 16.7 Å². The van der Waals surface area contributed by atoms with Gasteiger partial charge in [0.2, 0.25) is 5.91 Å². The van der Waals surface area contributed by atoms with Crippen LogP contribution >= 0.6 is 0 Å². The number of primary amides is 1. The Kier molecular flexibility index (Phi) is 5.73. The van der Waals surface area contributed by atoms with Crippen LogP contribution in [0.2, 0.25) is 0 Å². The van der Waals surface area contributed by atoms with Crippen molar-refractivity contribution < 1.29 is 9.59 Å². The first-order valence-corrected chi connectivity index (χ1v) is 10.2. The van der Waals surface area contributed by atoms with E-state index in [1.54, 1.807) is 35.0 Å².